The lowest BCUT2D eigenvalue weighted by atomic mass is 10.0. The molecule has 0 saturated carbocycles. The molecule has 1 aromatic heterocycles. The van der Waals surface area contributed by atoms with E-state index in [1.54, 1.807) is 50.2 Å². The topological polar surface area (TPSA) is 77.4 Å². The summed E-state index contributed by atoms with van der Waals surface area (Å²) in [4.78, 5) is 17.3. The number of thioether (sulfide) groups is 1. The van der Waals surface area contributed by atoms with Crippen molar-refractivity contribution in [1.82, 2.24) is 14.9 Å². The van der Waals surface area contributed by atoms with E-state index in [4.69, 9.17) is 26.1 Å². The molecule has 7 nitrogen and oxygen atoms in total. The van der Waals surface area contributed by atoms with Crippen molar-refractivity contribution in [3.63, 3.8) is 0 Å². The number of aromatic nitrogens is 2. The van der Waals surface area contributed by atoms with Crippen molar-refractivity contribution in [2.75, 3.05) is 31.8 Å². The molecule has 0 atom stereocenters. The first kappa shape index (κ1) is 27.4. The number of carbonyl (C=O) groups excluding carboxylic acids is 1. The van der Waals surface area contributed by atoms with Gasteiger partial charge in [0.15, 0.2) is 5.16 Å². The molecule has 0 aliphatic carbocycles. The quantitative estimate of drug-likeness (QED) is 0.152. The summed E-state index contributed by atoms with van der Waals surface area (Å²) in [6.45, 7) is 3.44. The Morgan fingerprint density at radius 2 is 1.63 bits per heavy atom. The Hall–Kier alpha value is -3.62. The molecule has 1 heterocycles. The second-order valence-electron chi connectivity index (χ2n) is 8.39. The van der Waals surface area contributed by atoms with Gasteiger partial charge in [0.1, 0.15) is 11.5 Å². The van der Waals surface area contributed by atoms with Crippen LogP contribution in [0.3, 0.4) is 0 Å². The first-order valence-electron chi connectivity index (χ1n) is 12.3. The van der Waals surface area contributed by atoms with Crippen LogP contribution in [0.15, 0.2) is 78.0 Å². The van der Waals surface area contributed by atoms with Gasteiger partial charge in [-0.1, -0.05) is 29.4 Å². The molecule has 0 unspecified atom stereocenters. The van der Waals surface area contributed by atoms with Crippen LogP contribution in [0.1, 0.15) is 13.3 Å². The highest BCUT2D eigenvalue weighted by Gasteiger charge is 2.20. The number of nitrogens with one attached hydrogen (secondary N) is 2. The fraction of sp³-hybridized carbons (Fsp3) is 0.241. The molecule has 0 aliphatic heterocycles. The summed E-state index contributed by atoms with van der Waals surface area (Å²) in [5.41, 5.74) is 4.72. The van der Waals surface area contributed by atoms with Gasteiger partial charge in [0.05, 0.1) is 25.6 Å². The molecule has 4 aromatic rings. The second-order valence-corrected chi connectivity index (χ2v) is 9.88. The van der Waals surface area contributed by atoms with Crippen molar-refractivity contribution in [1.29, 1.82) is 0 Å². The number of nitrogens with zero attached hydrogens (tertiary/aromatic N) is 2. The van der Waals surface area contributed by atoms with Gasteiger partial charge in [-0.3, -0.25) is 0 Å². The van der Waals surface area contributed by atoms with E-state index in [9.17, 15) is 4.79 Å². The largest absolute Gasteiger partial charge is 0.497 e. The van der Waals surface area contributed by atoms with Crippen molar-refractivity contribution in [3.8, 4) is 34.0 Å². The van der Waals surface area contributed by atoms with Crippen LogP contribution in [0.4, 0.5) is 10.5 Å². The zero-order chi connectivity index (χ0) is 26.9. The van der Waals surface area contributed by atoms with E-state index in [1.807, 2.05) is 36.4 Å². The van der Waals surface area contributed by atoms with E-state index >= 15 is 0 Å². The van der Waals surface area contributed by atoms with Crippen molar-refractivity contribution >= 4 is 35.1 Å². The molecule has 0 aliphatic rings. The van der Waals surface area contributed by atoms with Crippen molar-refractivity contribution in [2.24, 2.45) is 0 Å². The van der Waals surface area contributed by atoms with Gasteiger partial charge in [-0.05, 0) is 80.1 Å². The predicted molar refractivity (Wildman–Crippen MR) is 156 cm³/mol. The van der Waals surface area contributed by atoms with Gasteiger partial charge < -0.3 is 24.7 Å². The van der Waals surface area contributed by atoms with Crippen LogP contribution in [0, 0.1) is 0 Å². The minimum atomic E-state index is -0.254. The Kier molecular flexibility index (Phi) is 9.56. The average Bonchev–Trinajstić information content (AvgIpc) is 3.31. The fourth-order valence-corrected chi connectivity index (χ4v) is 5.20. The lowest BCUT2D eigenvalue weighted by Gasteiger charge is -2.12. The van der Waals surface area contributed by atoms with Crippen LogP contribution in [0.5, 0.6) is 11.5 Å². The van der Waals surface area contributed by atoms with E-state index in [0.29, 0.717) is 17.3 Å². The smallest absolute Gasteiger partial charge is 0.319 e. The van der Waals surface area contributed by atoms with Gasteiger partial charge >= 0.3 is 6.03 Å². The molecule has 0 radical (unpaired) electrons. The molecule has 0 fully saturated rings. The van der Waals surface area contributed by atoms with E-state index < -0.39 is 0 Å². The zero-order valence-electron chi connectivity index (χ0n) is 21.7. The number of urea groups is 1. The van der Waals surface area contributed by atoms with E-state index in [2.05, 4.69) is 34.3 Å². The molecule has 2 amide bonds. The number of rotatable bonds is 11. The third-order valence-corrected chi connectivity index (χ3v) is 7.19. The van der Waals surface area contributed by atoms with Crippen LogP contribution >= 0.6 is 23.4 Å². The number of ether oxygens (including phenoxy) is 2. The second kappa shape index (κ2) is 13.3. The third-order valence-electron chi connectivity index (χ3n) is 5.90. The predicted octanol–water partition coefficient (Wildman–Crippen LogP) is 7.21. The molecular weight excluding hydrogens is 520 g/mol. The normalized spacial score (nSPS) is 10.7. The number of imidazole rings is 1. The fourth-order valence-electron chi connectivity index (χ4n) is 4.01. The number of hydrogen-bond donors (Lipinski definition) is 2. The maximum absolute atomic E-state index is 12.2. The van der Waals surface area contributed by atoms with Crippen molar-refractivity contribution in [2.45, 2.75) is 25.0 Å². The Balaban J connectivity index is 1.47. The van der Waals surface area contributed by atoms with Gasteiger partial charge in [-0.2, -0.15) is 0 Å². The Bertz CT molecular complexity index is 1360. The van der Waals surface area contributed by atoms with Crippen molar-refractivity contribution in [3.05, 3.63) is 77.8 Å². The summed E-state index contributed by atoms with van der Waals surface area (Å²) in [5.74, 6) is 2.42. The van der Waals surface area contributed by atoms with Gasteiger partial charge in [-0.25, -0.2) is 9.78 Å². The molecule has 9 heteroatoms. The van der Waals surface area contributed by atoms with E-state index in [0.717, 1.165) is 57.9 Å². The minimum absolute atomic E-state index is 0.254. The van der Waals surface area contributed by atoms with Crippen molar-refractivity contribution < 1.29 is 14.3 Å². The highest BCUT2D eigenvalue weighted by molar-refractivity contribution is 7.99. The lowest BCUT2D eigenvalue weighted by Crippen LogP contribution is -2.29. The molecule has 198 valence electrons. The van der Waals surface area contributed by atoms with Gasteiger partial charge in [0.25, 0.3) is 0 Å². The molecule has 0 spiro atoms. The third kappa shape index (κ3) is 6.82. The summed E-state index contributed by atoms with van der Waals surface area (Å²) >= 11 is 7.66. The summed E-state index contributed by atoms with van der Waals surface area (Å²) in [6, 6.07) is 22.8. The highest BCUT2D eigenvalue weighted by atomic mass is 35.5. The Morgan fingerprint density at radius 3 is 2.24 bits per heavy atom. The Morgan fingerprint density at radius 1 is 0.974 bits per heavy atom. The summed E-state index contributed by atoms with van der Waals surface area (Å²) in [6.07, 6.45) is 0.792. The average molecular weight is 551 g/mol. The lowest BCUT2D eigenvalue weighted by molar-refractivity contribution is 0.252. The molecule has 0 saturated heterocycles. The van der Waals surface area contributed by atoms with Crippen LogP contribution in [0.2, 0.25) is 5.02 Å². The first-order valence-corrected chi connectivity index (χ1v) is 13.7. The summed E-state index contributed by atoms with van der Waals surface area (Å²) in [7, 11) is 3.33. The minimum Gasteiger partial charge on any atom is -0.497 e. The summed E-state index contributed by atoms with van der Waals surface area (Å²) < 4.78 is 12.9. The molecule has 2 N–H and O–H groups in total. The monoisotopic (exact) mass is 550 g/mol. The molecule has 38 heavy (non-hydrogen) atoms. The zero-order valence-corrected chi connectivity index (χ0v) is 23.2. The number of halogens is 1. The first-order chi connectivity index (χ1) is 18.5. The van der Waals surface area contributed by atoms with Crippen LogP contribution in [-0.2, 0) is 6.54 Å². The molecular formula is C29H31ClN4O3S. The maximum atomic E-state index is 12.2. The highest BCUT2D eigenvalue weighted by Crippen LogP contribution is 2.37. The number of carbonyl (C=O) groups is 1. The number of benzene rings is 3. The van der Waals surface area contributed by atoms with Gasteiger partial charge in [-0.15, -0.1) is 0 Å². The summed E-state index contributed by atoms with van der Waals surface area (Å²) in [5, 5.41) is 7.21. The standard InChI is InChI=1S/C29H31ClN4O3S/c1-4-34-27(21-11-15-25(37-3)16-12-21)26(20-9-13-24(36-2)14-10-20)33-29(34)38-18-6-17-31-28(35)32-23-8-5-7-22(30)19-23/h5,7-16,19H,4,6,17-18H2,1-3H3,(H2,31,32,35). The number of anilines is 1. The number of amides is 2. The number of hydrogen-bond acceptors (Lipinski definition) is 5. The molecule has 3 aromatic carbocycles. The molecule has 0 bridgehead atoms. The molecule has 4 rings (SSSR count). The van der Waals surface area contributed by atoms with E-state index in [1.165, 1.54) is 0 Å². The SMILES string of the molecule is CCn1c(SCCCNC(=O)Nc2cccc(Cl)c2)nc(-c2ccc(OC)cc2)c1-c1ccc(OC)cc1. The number of methoxy groups -OCH3 is 2. The van der Waals surface area contributed by atoms with Crippen LogP contribution in [-0.4, -0.2) is 42.1 Å². The van der Waals surface area contributed by atoms with Gasteiger partial charge in [0.2, 0.25) is 0 Å². The van der Waals surface area contributed by atoms with Crippen LogP contribution in [0.25, 0.3) is 22.5 Å². The van der Waals surface area contributed by atoms with E-state index in [-0.39, 0.29) is 6.03 Å². The van der Waals surface area contributed by atoms with Gasteiger partial charge in [0, 0.05) is 40.7 Å². The maximum Gasteiger partial charge on any atom is 0.319 e. The van der Waals surface area contributed by atoms with Crippen LogP contribution < -0.4 is 20.1 Å². The Labute approximate surface area is 232 Å².